The molecule has 0 saturated carbocycles. The smallest absolute Gasteiger partial charge is 0.352 e. The summed E-state index contributed by atoms with van der Waals surface area (Å²) in [5.41, 5.74) is 1.65. The number of nitrogens with zero attached hydrogens (tertiary/aromatic N) is 3. The number of aromatic nitrogens is 2. The second-order valence-electron chi connectivity index (χ2n) is 8.80. The van der Waals surface area contributed by atoms with Gasteiger partial charge in [-0.25, -0.2) is 0 Å². The van der Waals surface area contributed by atoms with Gasteiger partial charge in [0.25, 0.3) is 5.91 Å². The van der Waals surface area contributed by atoms with Crippen LogP contribution >= 0.6 is 11.6 Å². The first-order valence-corrected chi connectivity index (χ1v) is 12.1. The summed E-state index contributed by atoms with van der Waals surface area (Å²) >= 11 is 6.62. The van der Waals surface area contributed by atoms with Gasteiger partial charge in [0.05, 0.1) is 33.9 Å². The van der Waals surface area contributed by atoms with Crippen molar-refractivity contribution in [1.82, 2.24) is 19.8 Å². The molecule has 2 aromatic heterocycles. The summed E-state index contributed by atoms with van der Waals surface area (Å²) in [6.07, 6.45) is -1.47. The van der Waals surface area contributed by atoms with Crippen LogP contribution in [0.2, 0.25) is 5.02 Å². The highest BCUT2D eigenvalue weighted by Gasteiger charge is 2.35. The van der Waals surface area contributed by atoms with Gasteiger partial charge in [-0.15, -0.1) is 0 Å². The number of hydrogen-bond donors (Lipinski definition) is 1. The molecule has 5 nitrogen and oxygen atoms in total. The Labute approximate surface area is 218 Å². The van der Waals surface area contributed by atoms with Crippen LogP contribution in [0, 0.1) is 0 Å². The maximum Gasteiger partial charge on any atom is 0.418 e. The van der Waals surface area contributed by atoms with Crippen molar-refractivity contribution in [3.8, 4) is 28.2 Å². The Morgan fingerprint density at radius 2 is 1.76 bits per heavy atom. The van der Waals surface area contributed by atoms with E-state index in [4.69, 9.17) is 11.6 Å². The number of halogens is 4. The van der Waals surface area contributed by atoms with E-state index in [9.17, 15) is 18.0 Å². The van der Waals surface area contributed by atoms with Gasteiger partial charge in [0.15, 0.2) is 0 Å². The second-order valence-corrected chi connectivity index (χ2v) is 9.21. The summed E-state index contributed by atoms with van der Waals surface area (Å²) in [5, 5.41) is 3.11. The number of carbonyl (C=O) groups excluding carboxylic acids is 1. The Balaban J connectivity index is 1.77. The second kappa shape index (κ2) is 11.2. The van der Waals surface area contributed by atoms with Crippen LogP contribution in [-0.4, -0.2) is 47.5 Å². The molecule has 0 unspecified atom stereocenters. The van der Waals surface area contributed by atoms with Gasteiger partial charge < -0.3 is 14.8 Å². The van der Waals surface area contributed by atoms with Gasteiger partial charge in [-0.2, -0.15) is 13.2 Å². The van der Waals surface area contributed by atoms with Crippen molar-refractivity contribution < 1.29 is 18.0 Å². The molecule has 192 valence electrons. The third-order valence-corrected chi connectivity index (χ3v) is 6.18. The van der Waals surface area contributed by atoms with Crippen LogP contribution in [0.25, 0.3) is 28.2 Å². The van der Waals surface area contributed by atoms with E-state index in [1.165, 1.54) is 16.8 Å². The number of benzene rings is 2. The highest BCUT2D eigenvalue weighted by Crippen LogP contribution is 2.40. The summed E-state index contributed by atoms with van der Waals surface area (Å²) < 4.78 is 43.5. The maximum absolute atomic E-state index is 14.0. The van der Waals surface area contributed by atoms with Crippen LogP contribution in [0.4, 0.5) is 13.2 Å². The zero-order valence-corrected chi connectivity index (χ0v) is 21.1. The van der Waals surface area contributed by atoms with Crippen LogP contribution in [0.3, 0.4) is 0 Å². The van der Waals surface area contributed by atoms with Crippen LogP contribution in [0.5, 0.6) is 0 Å². The lowest BCUT2D eigenvalue weighted by Crippen LogP contribution is -2.27. The van der Waals surface area contributed by atoms with E-state index in [0.717, 1.165) is 30.8 Å². The molecule has 1 N–H and O–H groups in total. The molecular formula is C28H26ClF3N4O. The highest BCUT2D eigenvalue weighted by molar-refractivity contribution is 6.33. The average Bonchev–Trinajstić information content (AvgIpc) is 3.31. The Morgan fingerprint density at radius 3 is 2.43 bits per heavy atom. The molecule has 0 bridgehead atoms. The summed E-state index contributed by atoms with van der Waals surface area (Å²) in [6.45, 7) is 1.36. The Hall–Kier alpha value is -3.62. The standard InChI is InChI=1S/C28H26ClF3N4O/c1-35(2)16-6-14-34-27(37)20-9-10-21(23(29)17-20)25-12-11-24(19-7-4-3-5-8-19)36(25)26-18-33-15-13-22(26)28(30,31)32/h3-5,7-13,15,17-18H,6,14,16H2,1-2H3,(H,34,37). The molecule has 4 rings (SSSR count). The molecular weight excluding hydrogens is 501 g/mol. The first-order chi connectivity index (χ1) is 17.7. The largest absolute Gasteiger partial charge is 0.418 e. The lowest BCUT2D eigenvalue weighted by molar-refractivity contribution is -0.137. The van der Waals surface area contributed by atoms with Crippen molar-refractivity contribution in [3.63, 3.8) is 0 Å². The molecule has 4 aromatic rings. The van der Waals surface area contributed by atoms with Crippen molar-refractivity contribution in [1.29, 1.82) is 0 Å². The van der Waals surface area contributed by atoms with Crippen LogP contribution in [0.1, 0.15) is 22.3 Å². The molecule has 37 heavy (non-hydrogen) atoms. The van der Waals surface area contributed by atoms with E-state index in [2.05, 4.69) is 10.3 Å². The number of rotatable bonds is 8. The molecule has 9 heteroatoms. The summed E-state index contributed by atoms with van der Waals surface area (Å²) in [7, 11) is 3.92. The van der Waals surface area contributed by atoms with Gasteiger partial charge in [0, 0.05) is 23.9 Å². The van der Waals surface area contributed by atoms with E-state index < -0.39 is 11.7 Å². The molecule has 0 fully saturated rings. The van der Waals surface area contributed by atoms with E-state index in [0.29, 0.717) is 29.1 Å². The van der Waals surface area contributed by atoms with Gasteiger partial charge in [-0.3, -0.25) is 9.78 Å². The monoisotopic (exact) mass is 526 g/mol. The molecule has 0 aliphatic carbocycles. The summed E-state index contributed by atoms with van der Waals surface area (Å²) in [4.78, 5) is 18.6. The fraction of sp³-hybridized carbons (Fsp3) is 0.214. The zero-order chi connectivity index (χ0) is 26.6. The van der Waals surface area contributed by atoms with E-state index in [1.54, 1.807) is 24.3 Å². The number of nitrogens with one attached hydrogen (secondary N) is 1. The first kappa shape index (κ1) is 26.4. The van der Waals surface area contributed by atoms with Gasteiger partial charge in [0.1, 0.15) is 0 Å². The molecule has 2 heterocycles. The molecule has 0 spiro atoms. The van der Waals surface area contributed by atoms with Crippen LogP contribution in [0.15, 0.2) is 79.1 Å². The van der Waals surface area contributed by atoms with Crippen molar-refractivity contribution in [2.24, 2.45) is 0 Å². The number of amides is 1. The number of carbonyl (C=O) groups is 1. The molecule has 0 aliphatic rings. The Kier molecular flexibility index (Phi) is 8.00. The van der Waals surface area contributed by atoms with Crippen molar-refractivity contribution >= 4 is 17.5 Å². The number of hydrogen-bond acceptors (Lipinski definition) is 3. The Bertz CT molecular complexity index is 1380. The lowest BCUT2D eigenvalue weighted by Gasteiger charge is -2.19. The summed E-state index contributed by atoms with van der Waals surface area (Å²) in [6, 6.07) is 18.4. The fourth-order valence-electron chi connectivity index (χ4n) is 4.11. The number of alkyl halides is 3. The summed E-state index contributed by atoms with van der Waals surface area (Å²) in [5.74, 6) is -0.265. The van der Waals surface area contributed by atoms with Crippen LogP contribution < -0.4 is 5.32 Å². The van der Waals surface area contributed by atoms with E-state index in [-0.39, 0.29) is 16.6 Å². The van der Waals surface area contributed by atoms with E-state index in [1.807, 2.05) is 49.3 Å². The minimum atomic E-state index is -4.59. The third kappa shape index (κ3) is 6.03. The predicted molar refractivity (Wildman–Crippen MR) is 140 cm³/mol. The topological polar surface area (TPSA) is 50.2 Å². The quantitative estimate of drug-likeness (QED) is 0.264. The predicted octanol–water partition coefficient (Wildman–Crippen LogP) is 6.56. The third-order valence-electron chi connectivity index (χ3n) is 5.87. The SMILES string of the molecule is CN(C)CCCNC(=O)c1ccc(-c2ccc(-c3ccccc3)n2-c2cnccc2C(F)(F)F)c(Cl)c1. The number of pyridine rings is 1. The average molecular weight is 527 g/mol. The molecule has 0 atom stereocenters. The van der Waals surface area contributed by atoms with Crippen LogP contribution in [-0.2, 0) is 6.18 Å². The normalized spacial score (nSPS) is 11.6. The van der Waals surface area contributed by atoms with Gasteiger partial charge in [-0.05, 0) is 63.0 Å². The van der Waals surface area contributed by atoms with Gasteiger partial charge >= 0.3 is 6.18 Å². The van der Waals surface area contributed by atoms with Crippen molar-refractivity contribution in [2.45, 2.75) is 12.6 Å². The minimum absolute atomic E-state index is 0.118. The van der Waals surface area contributed by atoms with Gasteiger partial charge in [-0.1, -0.05) is 48.0 Å². The molecule has 2 aromatic carbocycles. The maximum atomic E-state index is 14.0. The molecule has 0 aliphatic heterocycles. The molecule has 0 radical (unpaired) electrons. The van der Waals surface area contributed by atoms with Gasteiger partial charge in [0.2, 0.25) is 0 Å². The molecule has 0 saturated heterocycles. The molecule has 1 amide bonds. The first-order valence-electron chi connectivity index (χ1n) is 11.7. The Morgan fingerprint density at radius 1 is 1.03 bits per heavy atom. The fourth-order valence-corrected chi connectivity index (χ4v) is 4.39. The van der Waals surface area contributed by atoms with Crippen molar-refractivity contribution in [2.75, 3.05) is 27.2 Å². The lowest BCUT2D eigenvalue weighted by atomic mass is 10.1. The minimum Gasteiger partial charge on any atom is -0.352 e. The van der Waals surface area contributed by atoms with E-state index >= 15 is 0 Å². The zero-order valence-electron chi connectivity index (χ0n) is 20.4. The van der Waals surface area contributed by atoms with Crippen molar-refractivity contribution in [3.05, 3.63) is 95.3 Å². The highest BCUT2D eigenvalue weighted by atomic mass is 35.5.